The lowest BCUT2D eigenvalue weighted by molar-refractivity contribution is 0.0510. The zero-order chi connectivity index (χ0) is 17.9. The molecule has 26 heavy (non-hydrogen) atoms. The Morgan fingerprint density at radius 1 is 1.23 bits per heavy atom. The van der Waals surface area contributed by atoms with Gasteiger partial charge in [0.2, 0.25) is 0 Å². The van der Waals surface area contributed by atoms with Crippen molar-refractivity contribution in [2.45, 2.75) is 44.4 Å². The predicted octanol–water partition coefficient (Wildman–Crippen LogP) is 4.97. The van der Waals surface area contributed by atoms with E-state index in [9.17, 15) is 4.79 Å². The number of carbonyl (C=O) groups excluding carboxylic acids is 1. The monoisotopic (exact) mass is 364 g/mol. The molecule has 0 spiro atoms. The summed E-state index contributed by atoms with van der Waals surface area (Å²) in [5.41, 5.74) is 2.26. The summed E-state index contributed by atoms with van der Waals surface area (Å²) in [4.78, 5) is 16.5. The molecule has 2 aromatic rings. The van der Waals surface area contributed by atoms with Gasteiger partial charge < -0.3 is 4.74 Å². The summed E-state index contributed by atoms with van der Waals surface area (Å²) in [6.45, 7) is 0.308. The Kier molecular flexibility index (Phi) is 4.77. The van der Waals surface area contributed by atoms with E-state index in [2.05, 4.69) is 12.1 Å². The summed E-state index contributed by atoms with van der Waals surface area (Å²) in [5.74, 6) is 0. The second-order valence-corrected chi connectivity index (χ2v) is 7.86. The molecule has 2 bridgehead atoms. The highest BCUT2D eigenvalue weighted by Crippen LogP contribution is 2.39. The summed E-state index contributed by atoms with van der Waals surface area (Å²) in [7, 11) is 0. The van der Waals surface area contributed by atoms with Gasteiger partial charge in [-0.3, -0.25) is 4.90 Å². The average Bonchev–Trinajstić information content (AvgIpc) is 3.15. The quantitative estimate of drug-likeness (QED) is 0.773. The number of nitriles is 1. The first-order valence-corrected chi connectivity index (χ1v) is 9.76. The largest absolute Gasteiger partial charge is 0.445 e. The van der Waals surface area contributed by atoms with Gasteiger partial charge in [0.25, 0.3) is 0 Å². The van der Waals surface area contributed by atoms with E-state index in [0.29, 0.717) is 6.61 Å². The van der Waals surface area contributed by atoms with Crippen molar-refractivity contribution in [1.29, 1.82) is 5.26 Å². The molecule has 0 aliphatic carbocycles. The van der Waals surface area contributed by atoms with Crippen molar-refractivity contribution < 1.29 is 9.53 Å². The number of rotatable bonds is 3. The van der Waals surface area contributed by atoms with E-state index >= 15 is 0 Å². The van der Waals surface area contributed by atoms with Crippen LogP contribution < -0.4 is 0 Å². The number of hydrogen-bond donors (Lipinski definition) is 0. The summed E-state index contributed by atoms with van der Waals surface area (Å²) in [6.07, 6.45) is 5.93. The van der Waals surface area contributed by atoms with Crippen LogP contribution in [0.5, 0.6) is 0 Å². The number of nitrogens with zero attached hydrogens (tertiary/aromatic N) is 2. The molecule has 2 aliphatic heterocycles. The van der Waals surface area contributed by atoms with E-state index in [-0.39, 0.29) is 18.2 Å². The molecule has 4 rings (SSSR count). The van der Waals surface area contributed by atoms with Gasteiger partial charge in [0.05, 0.1) is 6.04 Å². The van der Waals surface area contributed by atoms with Gasteiger partial charge in [-0.25, -0.2) is 4.79 Å². The number of carbonyl (C=O) groups is 1. The van der Waals surface area contributed by atoms with Gasteiger partial charge in [0.15, 0.2) is 0 Å². The van der Waals surface area contributed by atoms with Crippen molar-refractivity contribution in [3.63, 3.8) is 0 Å². The SMILES string of the molecule is N#Cc1ccc(C2=CC3CCCC(C2)N3C(=O)OCc2ccccc2)s1. The topological polar surface area (TPSA) is 53.3 Å². The summed E-state index contributed by atoms with van der Waals surface area (Å²) in [6, 6.07) is 16.2. The fourth-order valence-corrected chi connectivity index (χ4v) is 4.70. The lowest BCUT2D eigenvalue weighted by Crippen LogP contribution is -2.51. The number of piperidine rings is 1. The van der Waals surface area contributed by atoms with Gasteiger partial charge in [-0.05, 0) is 49.0 Å². The van der Waals surface area contributed by atoms with Gasteiger partial charge >= 0.3 is 6.09 Å². The van der Waals surface area contributed by atoms with Crippen LogP contribution in [0.25, 0.3) is 5.57 Å². The minimum absolute atomic E-state index is 0.0911. The zero-order valence-electron chi connectivity index (χ0n) is 14.4. The van der Waals surface area contributed by atoms with Gasteiger partial charge in [-0.1, -0.05) is 36.4 Å². The molecule has 0 saturated carbocycles. The summed E-state index contributed by atoms with van der Waals surface area (Å²) in [5, 5.41) is 9.05. The molecule has 3 heterocycles. The molecular weight excluding hydrogens is 344 g/mol. The highest BCUT2D eigenvalue weighted by Gasteiger charge is 2.38. The van der Waals surface area contributed by atoms with Crippen LogP contribution in [0.15, 0.2) is 48.5 Å². The Balaban J connectivity index is 1.49. The Morgan fingerprint density at radius 2 is 2.08 bits per heavy atom. The first-order valence-electron chi connectivity index (χ1n) is 8.94. The molecule has 1 amide bonds. The van der Waals surface area contributed by atoms with Gasteiger partial charge in [0.1, 0.15) is 17.6 Å². The normalized spacial score (nSPS) is 21.7. The van der Waals surface area contributed by atoms with Crippen LogP contribution in [0.1, 0.15) is 41.0 Å². The molecule has 1 saturated heterocycles. The molecule has 1 aromatic heterocycles. The second kappa shape index (κ2) is 7.35. The smallest absolute Gasteiger partial charge is 0.410 e. The van der Waals surface area contributed by atoms with Crippen LogP contribution in [0.3, 0.4) is 0 Å². The van der Waals surface area contributed by atoms with Crippen molar-refractivity contribution >= 4 is 23.0 Å². The molecular formula is C21H20N2O2S. The average molecular weight is 364 g/mol. The third-order valence-electron chi connectivity index (χ3n) is 5.09. The molecule has 1 aromatic carbocycles. The number of thiophene rings is 1. The van der Waals surface area contributed by atoms with Gasteiger partial charge in [0, 0.05) is 10.9 Å². The summed E-state index contributed by atoms with van der Waals surface area (Å²) >= 11 is 1.53. The number of fused-ring (bicyclic) bond motifs is 2. The van der Waals surface area contributed by atoms with Gasteiger partial charge in [-0.15, -0.1) is 11.3 Å². The highest BCUT2D eigenvalue weighted by molar-refractivity contribution is 7.13. The number of benzene rings is 1. The molecule has 0 N–H and O–H groups in total. The van der Waals surface area contributed by atoms with Crippen molar-refractivity contribution in [2.24, 2.45) is 0 Å². The van der Waals surface area contributed by atoms with E-state index in [0.717, 1.165) is 41.0 Å². The third kappa shape index (κ3) is 3.38. The van der Waals surface area contributed by atoms with Crippen LogP contribution in [-0.2, 0) is 11.3 Å². The molecule has 5 heteroatoms. The molecule has 2 atom stereocenters. The third-order valence-corrected chi connectivity index (χ3v) is 6.15. The molecule has 0 radical (unpaired) electrons. The predicted molar refractivity (Wildman–Crippen MR) is 102 cm³/mol. The second-order valence-electron chi connectivity index (χ2n) is 6.77. The first-order chi connectivity index (χ1) is 12.7. The maximum absolute atomic E-state index is 12.7. The van der Waals surface area contributed by atoms with E-state index in [4.69, 9.17) is 10.00 Å². The zero-order valence-corrected chi connectivity index (χ0v) is 15.2. The van der Waals surface area contributed by atoms with Crippen LogP contribution in [0, 0.1) is 11.3 Å². The van der Waals surface area contributed by atoms with Gasteiger partial charge in [-0.2, -0.15) is 5.26 Å². The van der Waals surface area contributed by atoms with Crippen molar-refractivity contribution in [2.75, 3.05) is 0 Å². The van der Waals surface area contributed by atoms with Crippen molar-refractivity contribution in [1.82, 2.24) is 4.90 Å². The van der Waals surface area contributed by atoms with Crippen LogP contribution in [-0.4, -0.2) is 23.1 Å². The fraction of sp³-hybridized carbons (Fsp3) is 0.333. The lowest BCUT2D eigenvalue weighted by Gasteiger charge is -2.44. The van der Waals surface area contributed by atoms with Crippen molar-refractivity contribution in [3.8, 4) is 6.07 Å². The first kappa shape index (κ1) is 16.9. The number of hydrogen-bond acceptors (Lipinski definition) is 4. The minimum atomic E-state index is -0.220. The maximum atomic E-state index is 12.7. The van der Waals surface area contributed by atoms with E-state index in [1.54, 1.807) is 0 Å². The molecule has 132 valence electrons. The molecule has 1 fully saturated rings. The van der Waals surface area contributed by atoms with Crippen LogP contribution >= 0.6 is 11.3 Å². The fourth-order valence-electron chi connectivity index (χ4n) is 3.86. The standard InChI is InChI=1S/C21H20N2O2S/c22-13-19-9-10-20(26-19)16-11-17-7-4-8-18(12-16)23(17)21(24)25-14-15-5-2-1-3-6-15/h1-3,5-6,9-11,17-18H,4,7-8,12,14H2. The number of ether oxygens (including phenoxy) is 1. The Hall–Kier alpha value is -2.58. The van der Waals surface area contributed by atoms with Crippen molar-refractivity contribution in [3.05, 3.63) is 63.9 Å². The lowest BCUT2D eigenvalue weighted by atomic mass is 9.85. The Morgan fingerprint density at radius 3 is 2.81 bits per heavy atom. The highest BCUT2D eigenvalue weighted by atomic mass is 32.1. The molecule has 4 nitrogen and oxygen atoms in total. The minimum Gasteiger partial charge on any atom is -0.445 e. The van der Waals surface area contributed by atoms with E-state index in [1.165, 1.54) is 16.9 Å². The van der Waals surface area contributed by atoms with E-state index < -0.39 is 0 Å². The maximum Gasteiger partial charge on any atom is 0.410 e. The Bertz CT molecular complexity index is 866. The van der Waals surface area contributed by atoms with Crippen LogP contribution in [0.2, 0.25) is 0 Å². The molecule has 2 unspecified atom stereocenters. The summed E-state index contributed by atoms with van der Waals surface area (Å²) < 4.78 is 5.58. The molecule has 2 aliphatic rings. The Labute approximate surface area is 157 Å². The number of amides is 1. The van der Waals surface area contributed by atoms with Crippen LogP contribution in [0.4, 0.5) is 4.79 Å². The van der Waals surface area contributed by atoms with E-state index in [1.807, 2.05) is 47.4 Å².